The number of primary amides is 1. The monoisotopic (exact) mass is 368 g/mol. The summed E-state index contributed by atoms with van der Waals surface area (Å²) in [5.74, 6) is -6.39. The smallest absolute Gasteiger partial charge is 0.320 e. The van der Waals surface area contributed by atoms with Gasteiger partial charge in [-0.2, -0.15) is 0 Å². The van der Waals surface area contributed by atoms with Gasteiger partial charge in [-0.3, -0.25) is 19.2 Å². The molecular weight excluding hydrogens is 347 g/mol. The van der Waals surface area contributed by atoms with E-state index in [0.717, 1.165) is 14.2 Å². The van der Waals surface area contributed by atoms with Crippen molar-refractivity contribution in [1.82, 2.24) is 5.32 Å². The molecule has 0 saturated heterocycles. The summed E-state index contributed by atoms with van der Waals surface area (Å²) in [5.41, 5.74) is 5.69. The van der Waals surface area contributed by atoms with E-state index < -0.39 is 47.4 Å². The molecule has 1 aromatic carbocycles. The summed E-state index contributed by atoms with van der Waals surface area (Å²) in [4.78, 5) is 47.7. The zero-order chi connectivity index (χ0) is 19.9. The quantitative estimate of drug-likeness (QED) is 0.489. The van der Waals surface area contributed by atoms with Crippen LogP contribution >= 0.6 is 0 Å². The molecule has 0 aliphatic rings. The van der Waals surface area contributed by atoms with Gasteiger partial charge in [-0.15, -0.1) is 0 Å². The second-order valence-corrected chi connectivity index (χ2v) is 5.64. The van der Waals surface area contributed by atoms with Crippen molar-refractivity contribution < 1.29 is 33.0 Å². The summed E-state index contributed by atoms with van der Waals surface area (Å²) in [6.07, 6.45) is -0.213. The number of esters is 2. The van der Waals surface area contributed by atoms with Crippen molar-refractivity contribution in [3.05, 3.63) is 35.6 Å². The predicted molar refractivity (Wildman–Crippen MR) is 87.9 cm³/mol. The molecule has 0 spiro atoms. The van der Waals surface area contributed by atoms with Gasteiger partial charge in [0, 0.05) is 5.92 Å². The molecule has 142 valence electrons. The minimum atomic E-state index is -1.45. The summed E-state index contributed by atoms with van der Waals surface area (Å²) < 4.78 is 22.3. The second kappa shape index (κ2) is 9.50. The molecule has 0 aliphatic carbocycles. The van der Waals surface area contributed by atoms with E-state index in [0.29, 0.717) is 5.56 Å². The van der Waals surface area contributed by atoms with Crippen LogP contribution in [0.3, 0.4) is 0 Å². The molecule has 0 aliphatic heterocycles. The normalized spacial score (nSPS) is 12.8. The van der Waals surface area contributed by atoms with E-state index in [4.69, 9.17) is 5.73 Å². The van der Waals surface area contributed by atoms with Crippen LogP contribution in [0.4, 0.5) is 4.39 Å². The number of hydrogen-bond donors (Lipinski definition) is 2. The van der Waals surface area contributed by atoms with Gasteiger partial charge in [0.2, 0.25) is 11.8 Å². The Morgan fingerprint density at radius 3 is 2.19 bits per heavy atom. The van der Waals surface area contributed by atoms with E-state index in [1.807, 2.05) is 0 Å². The van der Waals surface area contributed by atoms with Gasteiger partial charge in [0.15, 0.2) is 5.92 Å². The maximum Gasteiger partial charge on any atom is 0.320 e. The highest BCUT2D eigenvalue weighted by Crippen LogP contribution is 2.19. The molecule has 2 amide bonds. The third kappa shape index (κ3) is 5.54. The summed E-state index contributed by atoms with van der Waals surface area (Å²) in [6, 6.07) is 4.05. The topological polar surface area (TPSA) is 125 Å². The van der Waals surface area contributed by atoms with Crippen LogP contribution in [0.2, 0.25) is 0 Å². The maximum atomic E-state index is 13.2. The van der Waals surface area contributed by atoms with Crippen molar-refractivity contribution in [2.24, 2.45) is 17.6 Å². The molecule has 0 radical (unpaired) electrons. The molecule has 26 heavy (non-hydrogen) atoms. The zero-order valence-corrected chi connectivity index (χ0v) is 14.7. The molecule has 2 atom stereocenters. The lowest BCUT2D eigenvalue weighted by molar-refractivity contribution is -0.162. The lowest BCUT2D eigenvalue weighted by atomic mass is 9.86. The Hall–Kier alpha value is -2.97. The van der Waals surface area contributed by atoms with Crippen LogP contribution in [0.5, 0.6) is 0 Å². The molecule has 0 saturated carbocycles. The van der Waals surface area contributed by atoms with Gasteiger partial charge >= 0.3 is 11.9 Å². The van der Waals surface area contributed by atoms with Crippen LogP contribution in [0, 0.1) is 17.7 Å². The Morgan fingerprint density at radius 1 is 1.15 bits per heavy atom. The highest BCUT2D eigenvalue weighted by atomic mass is 19.1. The standard InChI is InChI=1S/C17H21FN2O6/c1-9(13(16(23)25-2)17(24)26-3)14(15(19)22)20-12(21)8-10-5-4-6-11(18)7-10/h4-7,9,13-14H,8H2,1-3H3,(H2,19,22)(H,20,21)/t9-,14-/m0/s1. The number of amides is 2. The van der Waals surface area contributed by atoms with Crippen molar-refractivity contribution in [1.29, 1.82) is 0 Å². The average Bonchev–Trinajstić information content (AvgIpc) is 2.58. The van der Waals surface area contributed by atoms with Crippen molar-refractivity contribution in [2.75, 3.05) is 14.2 Å². The summed E-state index contributed by atoms with van der Waals surface area (Å²) in [5, 5.41) is 2.37. The first kappa shape index (κ1) is 21.1. The second-order valence-electron chi connectivity index (χ2n) is 5.64. The number of carbonyl (C=O) groups is 4. The van der Waals surface area contributed by atoms with E-state index in [-0.39, 0.29) is 6.42 Å². The molecule has 0 fully saturated rings. The highest BCUT2D eigenvalue weighted by molar-refractivity contribution is 5.97. The lowest BCUT2D eigenvalue weighted by Gasteiger charge is -2.26. The largest absolute Gasteiger partial charge is 0.468 e. The Balaban J connectivity index is 2.95. The molecule has 1 rings (SSSR count). The SMILES string of the molecule is COC(=O)C(C(=O)OC)[C@H](C)[C@H](NC(=O)Cc1cccc(F)c1)C(N)=O. The number of methoxy groups -OCH3 is 2. The van der Waals surface area contributed by atoms with Crippen LogP contribution in [0.25, 0.3) is 0 Å². The third-order valence-electron chi connectivity index (χ3n) is 3.84. The maximum absolute atomic E-state index is 13.2. The van der Waals surface area contributed by atoms with Crippen molar-refractivity contribution in [2.45, 2.75) is 19.4 Å². The Morgan fingerprint density at radius 2 is 1.73 bits per heavy atom. The molecule has 9 heteroatoms. The van der Waals surface area contributed by atoms with Gasteiger partial charge in [-0.25, -0.2) is 4.39 Å². The van der Waals surface area contributed by atoms with Gasteiger partial charge in [0.05, 0.1) is 20.6 Å². The Kier molecular flexibility index (Phi) is 7.70. The number of carbonyl (C=O) groups excluding carboxylic acids is 4. The fourth-order valence-corrected chi connectivity index (χ4v) is 2.49. The lowest BCUT2D eigenvalue weighted by Crippen LogP contribution is -2.53. The number of halogens is 1. The van der Waals surface area contributed by atoms with Crippen molar-refractivity contribution in [3.8, 4) is 0 Å². The molecule has 1 aromatic rings. The molecule has 0 unspecified atom stereocenters. The van der Waals surface area contributed by atoms with Gasteiger partial charge in [-0.1, -0.05) is 19.1 Å². The first-order valence-corrected chi connectivity index (χ1v) is 7.70. The number of nitrogens with one attached hydrogen (secondary N) is 1. The molecule has 0 bridgehead atoms. The van der Waals surface area contributed by atoms with Crippen LogP contribution in [0.15, 0.2) is 24.3 Å². The molecule has 3 N–H and O–H groups in total. The van der Waals surface area contributed by atoms with Gasteiger partial charge < -0.3 is 20.5 Å². The van der Waals surface area contributed by atoms with Crippen LogP contribution in [-0.2, 0) is 35.1 Å². The number of ether oxygens (including phenoxy) is 2. The fourth-order valence-electron chi connectivity index (χ4n) is 2.49. The Bertz CT molecular complexity index is 678. The predicted octanol–water partition coefficient (Wildman–Crippen LogP) is -0.0634. The molecule has 0 heterocycles. The van der Waals surface area contributed by atoms with E-state index in [2.05, 4.69) is 14.8 Å². The average molecular weight is 368 g/mol. The van der Waals surface area contributed by atoms with Crippen LogP contribution < -0.4 is 11.1 Å². The summed E-state index contributed by atoms with van der Waals surface area (Å²) in [7, 11) is 2.15. The minimum absolute atomic E-state index is 0.213. The number of benzene rings is 1. The summed E-state index contributed by atoms with van der Waals surface area (Å²) >= 11 is 0. The third-order valence-corrected chi connectivity index (χ3v) is 3.84. The molecular formula is C17H21FN2O6. The van der Waals surface area contributed by atoms with Crippen molar-refractivity contribution >= 4 is 23.8 Å². The first-order valence-electron chi connectivity index (χ1n) is 7.70. The van der Waals surface area contributed by atoms with E-state index in [9.17, 15) is 23.6 Å². The van der Waals surface area contributed by atoms with Crippen LogP contribution in [0.1, 0.15) is 12.5 Å². The number of nitrogens with two attached hydrogens (primary N) is 1. The first-order chi connectivity index (χ1) is 12.2. The Labute approximate surface area is 149 Å². The van der Waals surface area contributed by atoms with Gasteiger partial charge in [0.1, 0.15) is 11.9 Å². The van der Waals surface area contributed by atoms with Crippen molar-refractivity contribution in [3.63, 3.8) is 0 Å². The molecule has 0 aromatic heterocycles. The highest BCUT2D eigenvalue weighted by Gasteiger charge is 2.41. The van der Waals surface area contributed by atoms with E-state index >= 15 is 0 Å². The number of hydrogen-bond acceptors (Lipinski definition) is 6. The van der Waals surface area contributed by atoms with E-state index in [1.165, 1.54) is 31.2 Å². The number of rotatable bonds is 8. The molecule has 8 nitrogen and oxygen atoms in total. The summed E-state index contributed by atoms with van der Waals surface area (Å²) in [6.45, 7) is 1.39. The van der Waals surface area contributed by atoms with Gasteiger partial charge in [0.25, 0.3) is 0 Å². The fraction of sp³-hybridized carbons (Fsp3) is 0.412. The zero-order valence-electron chi connectivity index (χ0n) is 14.7. The minimum Gasteiger partial charge on any atom is -0.468 e. The van der Waals surface area contributed by atoms with E-state index in [1.54, 1.807) is 0 Å². The van der Waals surface area contributed by atoms with Gasteiger partial charge in [-0.05, 0) is 17.7 Å². The van der Waals surface area contributed by atoms with Crippen LogP contribution in [-0.4, -0.2) is 44.0 Å².